The van der Waals surface area contributed by atoms with Gasteiger partial charge in [0.2, 0.25) is 5.91 Å². The summed E-state index contributed by atoms with van der Waals surface area (Å²) in [6.07, 6.45) is -0.802. The molecule has 0 unspecified atom stereocenters. The standard InChI is InChI=1S/C20H22F3N3O3S/c1-13-17(30-12-25-13)11-16(14-6-8-15(9-7-14)20(21,22)23)19(28)24-10-4-2-3-5-18(27)26-29/h6-9,11-12,29H,2-5,10H2,1H3,(H,24,28)(H,26,27). The summed E-state index contributed by atoms with van der Waals surface area (Å²) >= 11 is 1.33. The van der Waals surface area contributed by atoms with Crippen LogP contribution in [0, 0.1) is 6.92 Å². The highest BCUT2D eigenvalue weighted by atomic mass is 32.1. The van der Waals surface area contributed by atoms with Crippen molar-refractivity contribution in [3.8, 4) is 0 Å². The van der Waals surface area contributed by atoms with Gasteiger partial charge in [0.05, 0.1) is 21.6 Å². The Morgan fingerprint density at radius 3 is 2.43 bits per heavy atom. The van der Waals surface area contributed by atoms with Crippen LogP contribution in [0.3, 0.4) is 0 Å². The van der Waals surface area contributed by atoms with E-state index < -0.39 is 23.6 Å². The van der Waals surface area contributed by atoms with Gasteiger partial charge in [-0.1, -0.05) is 18.6 Å². The number of carbonyl (C=O) groups excluding carboxylic acids is 2. The molecule has 2 aromatic rings. The lowest BCUT2D eigenvalue weighted by Gasteiger charge is -2.11. The molecule has 162 valence electrons. The van der Waals surface area contributed by atoms with Crippen molar-refractivity contribution < 1.29 is 28.0 Å². The summed E-state index contributed by atoms with van der Waals surface area (Å²) in [6.45, 7) is 2.13. The second-order valence-corrected chi connectivity index (χ2v) is 7.42. The van der Waals surface area contributed by atoms with E-state index >= 15 is 0 Å². The number of aryl methyl sites for hydroxylation is 1. The minimum Gasteiger partial charge on any atom is -0.352 e. The molecular weight excluding hydrogens is 419 g/mol. The van der Waals surface area contributed by atoms with Gasteiger partial charge in [0, 0.05) is 18.5 Å². The molecule has 2 rings (SSSR count). The first-order valence-electron chi connectivity index (χ1n) is 9.23. The minimum atomic E-state index is -4.45. The maximum atomic E-state index is 12.8. The van der Waals surface area contributed by atoms with Crippen molar-refractivity contribution in [2.45, 2.75) is 38.8 Å². The number of unbranched alkanes of at least 4 members (excludes halogenated alkanes) is 2. The highest BCUT2D eigenvalue weighted by Gasteiger charge is 2.30. The molecule has 30 heavy (non-hydrogen) atoms. The minimum absolute atomic E-state index is 0.186. The molecule has 0 bridgehead atoms. The Bertz CT molecular complexity index is 893. The molecule has 0 saturated carbocycles. The highest BCUT2D eigenvalue weighted by molar-refractivity contribution is 7.10. The topological polar surface area (TPSA) is 91.3 Å². The maximum absolute atomic E-state index is 12.8. The molecule has 2 amide bonds. The number of benzene rings is 1. The monoisotopic (exact) mass is 441 g/mol. The molecular formula is C20H22F3N3O3S. The largest absolute Gasteiger partial charge is 0.416 e. The average molecular weight is 441 g/mol. The lowest BCUT2D eigenvalue weighted by molar-refractivity contribution is -0.137. The van der Waals surface area contributed by atoms with Crippen LogP contribution in [0.4, 0.5) is 13.2 Å². The molecule has 0 fully saturated rings. The second-order valence-electron chi connectivity index (χ2n) is 6.54. The van der Waals surface area contributed by atoms with Gasteiger partial charge in [0.15, 0.2) is 0 Å². The number of nitrogens with zero attached hydrogens (tertiary/aromatic N) is 1. The van der Waals surface area contributed by atoms with Crippen LogP contribution in [0.25, 0.3) is 11.6 Å². The third-order valence-corrected chi connectivity index (χ3v) is 5.19. The Kier molecular flexibility index (Phi) is 8.55. The highest BCUT2D eigenvalue weighted by Crippen LogP contribution is 2.31. The molecule has 0 saturated heterocycles. The molecule has 6 nitrogen and oxygen atoms in total. The quantitative estimate of drug-likeness (QED) is 0.236. The van der Waals surface area contributed by atoms with Crippen LogP contribution in [0.5, 0.6) is 0 Å². The Balaban J connectivity index is 2.09. The fourth-order valence-electron chi connectivity index (χ4n) is 2.64. The van der Waals surface area contributed by atoms with Crippen molar-refractivity contribution in [2.24, 2.45) is 0 Å². The molecule has 0 spiro atoms. The van der Waals surface area contributed by atoms with E-state index in [0.29, 0.717) is 31.4 Å². The van der Waals surface area contributed by atoms with Crippen molar-refractivity contribution in [2.75, 3.05) is 6.54 Å². The molecule has 10 heteroatoms. The summed E-state index contributed by atoms with van der Waals surface area (Å²) in [5, 5.41) is 11.2. The molecule has 0 aliphatic carbocycles. The van der Waals surface area contributed by atoms with Gasteiger partial charge >= 0.3 is 6.18 Å². The molecule has 1 aromatic carbocycles. The fourth-order valence-corrected chi connectivity index (χ4v) is 3.37. The van der Waals surface area contributed by atoms with Gasteiger partial charge in [-0.25, -0.2) is 10.5 Å². The Morgan fingerprint density at radius 1 is 1.17 bits per heavy atom. The van der Waals surface area contributed by atoms with E-state index in [1.54, 1.807) is 24.0 Å². The van der Waals surface area contributed by atoms with E-state index in [1.807, 2.05) is 0 Å². The number of hydrogen-bond donors (Lipinski definition) is 3. The number of carbonyl (C=O) groups is 2. The molecule has 0 aliphatic heterocycles. The van der Waals surface area contributed by atoms with Crippen molar-refractivity contribution >= 4 is 34.8 Å². The van der Waals surface area contributed by atoms with Crippen LogP contribution >= 0.6 is 11.3 Å². The zero-order valence-corrected chi connectivity index (χ0v) is 17.1. The Hall–Kier alpha value is -2.72. The number of hydrogen-bond acceptors (Lipinski definition) is 5. The first-order valence-corrected chi connectivity index (χ1v) is 10.1. The summed E-state index contributed by atoms with van der Waals surface area (Å²) < 4.78 is 38.5. The van der Waals surface area contributed by atoms with Crippen LogP contribution < -0.4 is 10.8 Å². The van der Waals surface area contributed by atoms with Gasteiger partial charge < -0.3 is 5.32 Å². The number of hydroxylamine groups is 1. The number of amides is 2. The van der Waals surface area contributed by atoms with Crippen LogP contribution in [-0.2, 0) is 15.8 Å². The third kappa shape index (κ3) is 6.96. The predicted octanol–water partition coefficient (Wildman–Crippen LogP) is 4.19. The van der Waals surface area contributed by atoms with Gasteiger partial charge in [-0.05, 0) is 43.5 Å². The average Bonchev–Trinajstić information content (AvgIpc) is 3.12. The van der Waals surface area contributed by atoms with E-state index in [-0.39, 0.29) is 12.0 Å². The third-order valence-electron chi connectivity index (χ3n) is 4.32. The smallest absolute Gasteiger partial charge is 0.352 e. The van der Waals surface area contributed by atoms with Crippen LogP contribution in [0.1, 0.15) is 47.4 Å². The number of alkyl halides is 3. The van der Waals surface area contributed by atoms with Gasteiger partial charge in [-0.3, -0.25) is 14.8 Å². The van der Waals surface area contributed by atoms with Gasteiger partial charge in [-0.15, -0.1) is 11.3 Å². The van der Waals surface area contributed by atoms with E-state index in [4.69, 9.17) is 5.21 Å². The summed E-state index contributed by atoms with van der Waals surface area (Å²) in [5.41, 5.74) is 3.74. The number of halogens is 3. The lowest BCUT2D eigenvalue weighted by Crippen LogP contribution is -2.25. The number of aromatic nitrogens is 1. The Labute approximate surface area is 175 Å². The van der Waals surface area contributed by atoms with Crippen LogP contribution in [-0.4, -0.2) is 28.6 Å². The molecule has 1 aromatic heterocycles. The fraction of sp³-hybridized carbons (Fsp3) is 0.350. The van der Waals surface area contributed by atoms with Gasteiger partial charge in [0.1, 0.15) is 0 Å². The first kappa shape index (κ1) is 23.6. The van der Waals surface area contributed by atoms with E-state index in [2.05, 4.69) is 10.3 Å². The second kappa shape index (κ2) is 10.9. The molecule has 0 aliphatic rings. The van der Waals surface area contributed by atoms with Crippen molar-refractivity contribution in [3.63, 3.8) is 0 Å². The molecule has 1 heterocycles. The number of nitrogens with one attached hydrogen (secondary N) is 2. The summed E-state index contributed by atoms with van der Waals surface area (Å²) in [7, 11) is 0. The summed E-state index contributed by atoms with van der Waals surface area (Å²) in [6, 6.07) is 4.45. The van der Waals surface area contributed by atoms with E-state index in [0.717, 1.165) is 22.7 Å². The first-order chi connectivity index (χ1) is 14.2. The summed E-state index contributed by atoms with van der Waals surface area (Å²) in [5.74, 6) is -0.873. The number of thiazole rings is 1. The van der Waals surface area contributed by atoms with Crippen molar-refractivity contribution in [1.29, 1.82) is 0 Å². The SMILES string of the molecule is Cc1ncsc1C=C(C(=O)NCCCCCC(=O)NO)c1ccc(C(F)(F)F)cc1. The molecule has 0 radical (unpaired) electrons. The molecule has 3 N–H and O–H groups in total. The zero-order chi connectivity index (χ0) is 22.1. The maximum Gasteiger partial charge on any atom is 0.416 e. The van der Waals surface area contributed by atoms with Crippen LogP contribution in [0.2, 0.25) is 0 Å². The van der Waals surface area contributed by atoms with E-state index in [9.17, 15) is 22.8 Å². The van der Waals surface area contributed by atoms with Crippen LogP contribution in [0.15, 0.2) is 29.8 Å². The normalized spacial score (nSPS) is 12.0. The van der Waals surface area contributed by atoms with Crippen molar-refractivity contribution in [1.82, 2.24) is 15.8 Å². The summed E-state index contributed by atoms with van der Waals surface area (Å²) in [4.78, 5) is 28.6. The zero-order valence-electron chi connectivity index (χ0n) is 16.3. The lowest BCUT2D eigenvalue weighted by atomic mass is 10.0. The predicted molar refractivity (Wildman–Crippen MR) is 108 cm³/mol. The molecule has 0 atom stereocenters. The van der Waals surface area contributed by atoms with Crippen molar-refractivity contribution in [3.05, 3.63) is 51.5 Å². The van der Waals surface area contributed by atoms with Gasteiger partial charge in [0.25, 0.3) is 5.91 Å². The number of rotatable bonds is 9. The Morgan fingerprint density at radius 2 is 1.87 bits per heavy atom. The van der Waals surface area contributed by atoms with Gasteiger partial charge in [-0.2, -0.15) is 13.2 Å². The van der Waals surface area contributed by atoms with E-state index in [1.165, 1.54) is 23.5 Å².